The third-order valence-electron chi connectivity index (χ3n) is 3.84. The molecule has 0 bridgehead atoms. The molecule has 4 nitrogen and oxygen atoms in total. The van der Waals surface area contributed by atoms with Gasteiger partial charge in [-0.2, -0.15) is 24.9 Å². The molecule has 2 heterocycles. The Hall–Kier alpha value is -0.800. The standard InChI is InChI=1S/C14H20F3N3OS2/c1-22-6-4-10(18)13(21)20-5-2-3-9(7-20)12-19-11(8-23-12)14(15,16)17/h8-10H,2-7,18H2,1H3. The Kier molecular flexibility index (Phi) is 6.33. The molecule has 1 aliphatic rings. The summed E-state index contributed by atoms with van der Waals surface area (Å²) >= 11 is 2.65. The molecule has 1 amide bonds. The minimum absolute atomic E-state index is 0.114. The van der Waals surface area contributed by atoms with Gasteiger partial charge >= 0.3 is 6.18 Å². The van der Waals surface area contributed by atoms with Crippen LogP contribution >= 0.6 is 23.1 Å². The number of aromatic nitrogens is 1. The van der Waals surface area contributed by atoms with Crippen LogP contribution in [-0.2, 0) is 11.0 Å². The Morgan fingerprint density at radius 2 is 2.35 bits per heavy atom. The van der Waals surface area contributed by atoms with E-state index in [2.05, 4.69) is 4.98 Å². The molecule has 2 N–H and O–H groups in total. The van der Waals surface area contributed by atoms with Gasteiger partial charge in [-0.3, -0.25) is 4.79 Å². The Balaban J connectivity index is 2.00. The number of thiazole rings is 1. The first-order valence-corrected chi connectivity index (χ1v) is 9.66. The second-order valence-electron chi connectivity index (χ2n) is 5.58. The molecule has 1 aromatic heterocycles. The molecule has 130 valence electrons. The summed E-state index contributed by atoms with van der Waals surface area (Å²) in [6.45, 7) is 1.01. The maximum Gasteiger partial charge on any atom is 0.434 e. The highest BCUT2D eigenvalue weighted by atomic mass is 32.2. The van der Waals surface area contributed by atoms with Gasteiger partial charge in [0, 0.05) is 24.4 Å². The smallest absolute Gasteiger partial charge is 0.341 e. The lowest BCUT2D eigenvalue weighted by molar-refractivity contribution is -0.141. The SMILES string of the molecule is CSCCC(N)C(=O)N1CCCC(c2nc(C(F)(F)F)cs2)C1. The molecule has 9 heteroatoms. The van der Waals surface area contributed by atoms with E-state index in [1.165, 1.54) is 0 Å². The second kappa shape index (κ2) is 7.85. The van der Waals surface area contributed by atoms with E-state index in [-0.39, 0.29) is 11.8 Å². The highest BCUT2D eigenvalue weighted by Gasteiger charge is 2.35. The maximum absolute atomic E-state index is 12.7. The molecule has 23 heavy (non-hydrogen) atoms. The van der Waals surface area contributed by atoms with Gasteiger partial charge in [0.2, 0.25) is 5.91 Å². The summed E-state index contributed by atoms with van der Waals surface area (Å²) in [5.41, 5.74) is 5.06. The summed E-state index contributed by atoms with van der Waals surface area (Å²) in [6.07, 6.45) is -0.355. The van der Waals surface area contributed by atoms with Gasteiger partial charge < -0.3 is 10.6 Å². The molecule has 1 fully saturated rings. The van der Waals surface area contributed by atoms with Crippen LogP contribution in [0.15, 0.2) is 5.38 Å². The number of likely N-dealkylation sites (tertiary alicyclic amines) is 1. The van der Waals surface area contributed by atoms with Gasteiger partial charge in [-0.1, -0.05) is 0 Å². The molecule has 0 spiro atoms. The highest BCUT2D eigenvalue weighted by Crippen LogP contribution is 2.35. The predicted molar refractivity (Wildman–Crippen MR) is 86.6 cm³/mol. The zero-order valence-electron chi connectivity index (χ0n) is 12.8. The number of alkyl halides is 3. The average molecular weight is 367 g/mol. The lowest BCUT2D eigenvalue weighted by Crippen LogP contribution is -2.47. The van der Waals surface area contributed by atoms with Crippen molar-refractivity contribution >= 4 is 29.0 Å². The molecule has 2 atom stereocenters. The van der Waals surface area contributed by atoms with Gasteiger partial charge in [0.25, 0.3) is 0 Å². The summed E-state index contributed by atoms with van der Waals surface area (Å²) < 4.78 is 38.0. The van der Waals surface area contributed by atoms with Gasteiger partial charge in [0.15, 0.2) is 5.69 Å². The Bertz CT molecular complexity index is 536. The first-order chi connectivity index (χ1) is 10.8. The number of hydrogen-bond acceptors (Lipinski definition) is 5. The number of carbonyl (C=O) groups excluding carboxylic acids is 1. The molecule has 0 saturated carbocycles. The number of nitrogens with two attached hydrogens (primary N) is 1. The van der Waals surface area contributed by atoms with Crippen LogP contribution in [0.4, 0.5) is 13.2 Å². The van der Waals surface area contributed by atoms with Crippen LogP contribution in [0.25, 0.3) is 0 Å². The zero-order chi connectivity index (χ0) is 17.0. The van der Waals surface area contributed by atoms with Crippen molar-refractivity contribution in [3.63, 3.8) is 0 Å². The van der Waals surface area contributed by atoms with Crippen molar-refractivity contribution in [1.82, 2.24) is 9.88 Å². The second-order valence-corrected chi connectivity index (χ2v) is 7.46. The summed E-state index contributed by atoms with van der Waals surface area (Å²) in [4.78, 5) is 17.7. The van der Waals surface area contributed by atoms with Gasteiger partial charge in [-0.05, 0) is 31.3 Å². The lowest BCUT2D eigenvalue weighted by atomic mass is 9.98. The maximum atomic E-state index is 12.7. The number of halogens is 3. The Morgan fingerprint density at radius 1 is 1.61 bits per heavy atom. The summed E-state index contributed by atoms with van der Waals surface area (Å²) in [7, 11) is 0. The van der Waals surface area contributed by atoms with Crippen molar-refractivity contribution < 1.29 is 18.0 Å². The Labute approximate surface area is 141 Å². The molecule has 2 unspecified atom stereocenters. The summed E-state index contributed by atoms with van der Waals surface area (Å²) in [6, 6.07) is -0.539. The topological polar surface area (TPSA) is 59.2 Å². The van der Waals surface area contributed by atoms with Gasteiger partial charge in [-0.15, -0.1) is 11.3 Å². The molecule has 1 aliphatic heterocycles. The van der Waals surface area contributed by atoms with E-state index in [4.69, 9.17) is 5.73 Å². The monoisotopic (exact) mass is 367 g/mol. The molecule has 0 radical (unpaired) electrons. The van der Waals surface area contributed by atoms with Crippen molar-refractivity contribution in [2.45, 2.75) is 37.4 Å². The van der Waals surface area contributed by atoms with E-state index >= 15 is 0 Å². The van der Waals surface area contributed by atoms with Crippen molar-refractivity contribution in [2.24, 2.45) is 5.73 Å². The largest absolute Gasteiger partial charge is 0.434 e. The molecular weight excluding hydrogens is 347 g/mol. The van der Waals surface area contributed by atoms with E-state index in [1.54, 1.807) is 16.7 Å². The third-order valence-corrected chi connectivity index (χ3v) is 5.50. The molecule has 2 rings (SSSR count). The number of thioether (sulfide) groups is 1. The Morgan fingerprint density at radius 3 is 2.96 bits per heavy atom. The molecule has 0 aromatic carbocycles. The van der Waals surface area contributed by atoms with Crippen LogP contribution in [0.3, 0.4) is 0 Å². The molecule has 0 aliphatic carbocycles. The summed E-state index contributed by atoms with van der Waals surface area (Å²) in [5, 5.41) is 1.49. The van der Waals surface area contributed by atoms with E-state index in [0.717, 1.165) is 35.3 Å². The van der Waals surface area contributed by atoms with Crippen molar-refractivity contribution in [1.29, 1.82) is 0 Å². The summed E-state index contributed by atoms with van der Waals surface area (Å²) in [5.74, 6) is 0.559. The first-order valence-electron chi connectivity index (χ1n) is 7.39. The number of carbonyl (C=O) groups is 1. The average Bonchev–Trinajstić information content (AvgIpc) is 3.02. The molecule has 1 saturated heterocycles. The molecular formula is C14H20F3N3OS2. The first kappa shape index (κ1) is 18.5. The van der Waals surface area contributed by atoms with Crippen LogP contribution in [0.2, 0.25) is 0 Å². The van der Waals surface area contributed by atoms with E-state index in [1.807, 2.05) is 6.26 Å². The van der Waals surface area contributed by atoms with Crippen LogP contribution in [0.1, 0.15) is 35.9 Å². The fourth-order valence-corrected chi connectivity index (χ4v) is 4.03. The number of piperidine rings is 1. The number of rotatable bonds is 5. The van der Waals surface area contributed by atoms with Crippen molar-refractivity contribution in [2.75, 3.05) is 25.1 Å². The fourth-order valence-electron chi connectivity index (χ4n) is 2.59. The predicted octanol–water partition coefficient (Wildman–Crippen LogP) is 2.95. The number of amides is 1. The highest BCUT2D eigenvalue weighted by molar-refractivity contribution is 7.98. The van der Waals surface area contributed by atoms with E-state index in [0.29, 0.717) is 24.5 Å². The minimum Gasteiger partial charge on any atom is -0.341 e. The van der Waals surface area contributed by atoms with Crippen molar-refractivity contribution in [3.05, 3.63) is 16.1 Å². The number of nitrogens with zero attached hydrogens (tertiary/aromatic N) is 2. The number of hydrogen-bond donors (Lipinski definition) is 1. The van der Waals surface area contributed by atoms with Crippen molar-refractivity contribution in [3.8, 4) is 0 Å². The minimum atomic E-state index is -4.42. The fraction of sp³-hybridized carbons (Fsp3) is 0.714. The van der Waals surface area contributed by atoms with E-state index < -0.39 is 17.9 Å². The van der Waals surface area contributed by atoms with Gasteiger partial charge in [0.05, 0.1) is 11.0 Å². The van der Waals surface area contributed by atoms with Crippen LogP contribution in [0.5, 0.6) is 0 Å². The third kappa shape index (κ3) is 4.84. The lowest BCUT2D eigenvalue weighted by Gasteiger charge is -2.33. The van der Waals surface area contributed by atoms with Crippen LogP contribution in [0, 0.1) is 0 Å². The van der Waals surface area contributed by atoms with Crippen LogP contribution < -0.4 is 5.73 Å². The quantitative estimate of drug-likeness (QED) is 0.869. The zero-order valence-corrected chi connectivity index (χ0v) is 14.4. The van der Waals surface area contributed by atoms with Crippen LogP contribution in [-0.4, -0.2) is 46.9 Å². The normalized spacial score (nSPS) is 20.6. The van der Waals surface area contributed by atoms with Gasteiger partial charge in [-0.25, -0.2) is 4.98 Å². The van der Waals surface area contributed by atoms with Gasteiger partial charge in [0.1, 0.15) is 0 Å². The van der Waals surface area contributed by atoms with E-state index in [9.17, 15) is 18.0 Å². The molecule has 1 aromatic rings.